The molecule has 0 fully saturated rings. The summed E-state index contributed by atoms with van der Waals surface area (Å²) in [5, 5.41) is 1.07. The second-order valence-electron chi connectivity index (χ2n) is 8.78. The number of nitrogens with zero attached hydrogens (tertiary/aromatic N) is 1. The standard InChI is InChI=1S/C30H25NO8/c1-3-31(4-2)25(32)16-37-26(33)17-36-20-12-10-19(11-13-20)28-22-15-23-21(14-24(22)39-30(28)35)27(29(34)38-23)18-8-6-5-7-9-18/h5-15H,3-4,16-17H2,1-2H3. The fourth-order valence-electron chi connectivity index (χ4n) is 4.50. The van der Waals surface area contributed by atoms with Crippen molar-refractivity contribution in [1.82, 2.24) is 4.90 Å². The molecule has 1 amide bonds. The van der Waals surface area contributed by atoms with E-state index in [4.69, 9.17) is 18.9 Å². The third kappa shape index (κ3) is 5.11. The van der Waals surface area contributed by atoms with Crippen LogP contribution < -0.4 is 24.6 Å². The van der Waals surface area contributed by atoms with Crippen LogP contribution >= 0.6 is 0 Å². The monoisotopic (exact) mass is 527 g/mol. The largest absolute Gasteiger partial charge is 0.482 e. The molecule has 39 heavy (non-hydrogen) atoms. The molecule has 9 heteroatoms. The van der Waals surface area contributed by atoms with Crippen molar-refractivity contribution in [3.63, 3.8) is 0 Å². The molecule has 2 aliphatic heterocycles. The first-order valence-electron chi connectivity index (χ1n) is 12.5. The van der Waals surface area contributed by atoms with Gasteiger partial charge in [-0.3, -0.25) is 4.79 Å². The summed E-state index contributed by atoms with van der Waals surface area (Å²) in [5.41, 5.74) is 2.01. The van der Waals surface area contributed by atoms with Crippen LogP contribution in [-0.4, -0.2) is 55.0 Å². The number of rotatable bonds is 9. The van der Waals surface area contributed by atoms with Crippen molar-refractivity contribution in [2.24, 2.45) is 0 Å². The Labute approximate surface area is 223 Å². The van der Waals surface area contributed by atoms with E-state index in [0.717, 1.165) is 0 Å². The molecule has 198 valence electrons. The predicted molar refractivity (Wildman–Crippen MR) is 139 cm³/mol. The van der Waals surface area contributed by atoms with Gasteiger partial charge in [0.05, 0.1) is 11.1 Å². The molecule has 0 aromatic heterocycles. The number of carbonyl (C=O) groups is 4. The van der Waals surface area contributed by atoms with Crippen LogP contribution in [-0.2, 0) is 23.9 Å². The molecule has 2 heterocycles. The summed E-state index contributed by atoms with van der Waals surface area (Å²) in [6, 6.07) is 19.0. The van der Waals surface area contributed by atoms with Crippen LogP contribution in [0.1, 0.15) is 25.0 Å². The number of benzene rings is 3. The average Bonchev–Trinajstić information content (AvgIpc) is 3.44. The van der Waals surface area contributed by atoms with E-state index in [1.54, 1.807) is 41.3 Å². The number of amides is 1. The number of hydrogen-bond donors (Lipinski definition) is 0. The molecule has 0 N–H and O–H groups in total. The zero-order valence-electron chi connectivity index (χ0n) is 21.4. The minimum atomic E-state index is -0.669. The molecule has 3 aromatic rings. The van der Waals surface area contributed by atoms with Gasteiger partial charge in [0, 0.05) is 23.5 Å². The number of esters is 3. The van der Waals surface area contributed by atoms with Crippen molar-refractivity contribution in [2.45, 2.75) is 13.8 Å². The molecule has 0 radical (unpaired) electrons. The fraction of sp³-hybridized carbons (Fsp3) is 0.200. The van der Waals surface area contributed by atoms with Crippen molar-refractivity contribution in [1.29, 1.82) is 0 Å². The second kappa shape index (κ2) is 10.8. The number of carbonyl (C=O) groups excluding carboxylic acids is 4. The van der Waals surface area contributed by atoms with Crippen molar-refractivity contribution >= 4 is 35.0 Å². The Bertz CT molecular complexity index is 1590. The Morgan fingerprint density at radius 2 is 1.28 bits per heavy atom. The zero-order chi connectivity index (χ0) is 27.5. The Balaban J connectivity index is 1.33. The fourth-order valence-corrected chi connectivity index (χ4v) is 4.50. The summed E-state index contributed by atoms with van der Waals surface area (Å²) >= 11 is 0. The summed E-state index contributed by atoms with van der Waals surface area (Å²) in [4.78, 5) is 50.9. The van der Waals surface area contributed by atoms with E-state index in [2.05, 4.69) is 0 Å². The lowest BCUT2D eigenvalue weighted by Gasteiger charge is -2.18. The van der Waals surface area contributed by atoms with E-state index in [9.17, 15) is 19.2 Å². The highest BCUT2D eigenvalue weighted by Gasteiger charge is 2.30. The molecule has 0 atom stereocenters. The quantitative estimate of drug-likeness (QED) is 0.306. The summed E-state index contributed by atoms with van der Waals surface area (Å²) < 4.78 is 21.5. The first-order valence-corrected chi connectivity index (χ1v) is 12.5. The van der Waals surface area contributed by atoms with Crippen molar-refractivity contribution in [3.05, 3.63) is 88.3 Å². The maximum atomic E-state index is 12.8. The molecule has 9 nitrogen and oxygen atoms in total. The Kier molecular flexibility index (Phi) is 7.14. The lowest BCUT2D eigenvalue weighted by molar-refractivity contribution is -0.153. The van der Waals surface area contributed by atoms with Gasteiger partial charge in [0.2, 0.25) is 0 Å². The molecule has 2 aliphatic rings. The summed E-state index contributed by atoms with van der Waals surface area (Å²) in [6.07, 6.45) is 0. The van der Waals surface area contributed by atoms with Gasteiger partial charge >= 0.3 is 17.9 Å². The van der Waals surface area contributed by atoms with E-state index in [1.807, 2.05) is 44.2 Å². The molecule has 0 saturated carbocycles. The number of hydrogen-bond acceptors (Lipinski definition) is 8. The summed E-state index contributed by atoms with van der Waals surface area (Å²) in [7, 11) is 0. The molecular weight excluding hydrogens is 502 g/mol. The zero-order valence-corrected chi connectivity index (χ0v) is 21.4. The third-order valence-corrected chi connectivity index (χ3v) is 6.47. The van der Waals surface area contributed by atoms with E-state index < -0.39 is 17.9 Å². The molecule has 0 saturated heterocycles. The Hall–Kier alpha value is -4.92. The average molecular weight is 528 g/mol. The number of fused-ring (bicyclic) bond motifs is 2. The van der Waals surface area contributed by atoms with Gasteiger partial charge in [0.1, 0.15) is 17.2 Å². The number of ether oxygens (including phenoxy) is 4. The van der Waals surface area contributed by atoms with Crippen LogP contribution in [0, 0.1) is 0 Å². The maximum absolute atomic E-state index is 12.8. The van der Waals surface area contributed by atoms with Gasteiger partial charge in [0.25, 0.3) is 5.91 Å². The first kappa shape index (κ1) is 25.7. The highest BCUT2D eigenvalue weighted by molar-refractivity contribution is 6.21. The molecule has 0 bridgehead atoms. The third-order valence-electron chi connectivity index (χ3n) is 6.47. The van der Waals surface area contributed by atoms with Gasteiger partial charge in [-0.05, 0) is 49.2 Å². The maximum Gasteiger partial charge on any atom is 0.344 e. The van der Waals surface area contributed by atoms with Crippen molar-refractivity contribution in [3.8, 4) is 17.2 Å². The van der Waals surface area contributed by atoms with Crippen LogP contribution in [0.4, 0.5) is 0 Å². The molecule has 0 aliphatic carbocycles. The normalized spacial score (nSPS) is 13.4. The van der Waals surface area contributed by atoms with Crippen LogP contribution in [0.3, 0.4) is 0 Å². The van der Waals surface area contributed by atoms with Crippen LogP contribution in [0.15, 0.2) is 66.7 Å². The van der Waals surface area contributed by atoms with Crippen molar-refractivity contribution < 1.29 is 38.1 Å². The minimum Gasteiger partial charge on any atom is -0.482 e. The van der Waals surface area contributed by atoms with E-state index in [1.165, 1.54) is 0 Å². The van der Waals surface area contributed by atoms with Gasteiger partial charge in [-0.1, -0.05) is 42.5 Å². The van der Waals surface area contributed by atoms with Gasteiger partial charge in [0.15, 0.2) is 13.2 Å². The molecule has 5 rings (SSSR count). The Morgan fingerprint density at radius 3 is 1.82 bits per heavy atom. The summed E-state index contributed by atoms with van der Waals surface area (Å²) in [6.45, 7) is 4.05. The SMILES string of the molecule is CCN(CC)C(=O)COC(=O)COc1ccc(C2=c3cc4c(cc3OC2=O)=C(c2ccccc2)C(=O)O4)cc1. The van der Waals surface area contributed by atoms with E-state index in [0.29, 0.717) is 63.0 Å². The molecular formula is C30H25NO8. The van der Waals surface area contributed by atoms with Crippen molar-refractivity contribution in [2.75, 3.05) is 26.3 Å². The van der Waals surface area contributed by atoms with Crippen LogP contribution in [0.2, 0.25) is 0 Å². The molecule has 3 aromatic carbocycles. The first-order chi connectivity index (χ1) is 18.9. The summed E-state index contributed by atoms with van der Waals surface area (Å²) in [5.74, 6) is -0.871. The predicted octanol–water partition coefficient (Wildman–Crippen LogP) is 1.71. The van der Waals surface area contributed by atoms with Gasteiger partial charge in [-0.25, -0.2) is 14.4 Å². The van der Waals surface area contributed by atoms with E-state index >= 15 is 0 Å². The van der Waals surface area contributed by atoms with Crippen LogP contribution in [0.25, 0.3) is 11.1 Å². The lowest BCUT2D eigenvalue weighted by Crippen LogP contribution is -2.34. The highest BCUT2D eigenvalue weighted by atomic mass is 16.6. The van der Waals surface area contributed by atoms with E-state index in [-0.39, 0.29) is 19.1 Å². The molecule has 0 spiro atoms. The smallest absolute Gasteiger partial charge is 0.344 e. The lowest BCUT2D eigenvalue weighted by atomic mass is 10.0. The van der Waals surface area contributed by atoms with Crippen LogP contribution in [0.5, 0.6) is 17.2 Å². The highest BCUT2D eigenvalue weighted by Crippen LogP contribution is 2.27. The topological polar surface area (TPSA) is 108 Å². The van der Waals surface area contributed by atoms with Gasteiger partial charge in [-0.15, -0.1) is 0 Å². The molecule has 0 unspecified atom stereocenters. The number of likely N-dealkylation sites (N-methyl/N-ethyl adjacent to an activating group) is 1. The second-order valence-corrected chi connectivity index (χ2v) is 8.78. The van der Waals surface area contributed by atoms with Gasteiger partial charge in [-0.2, -0.15) is 0 Å². The Morgan fingerprint density at radius 1 is 0.744 bits per heavy atom. The van der Waals surface area contributed by atoms with Gasteiger partial charge < -0.3 is 23.8 Å². The minimum absolute atomic E-state index is 0.270.